The average molecular weight is 1950 g/mol. The number of hydrogen-bond acceptors (Lipinski definition) is 27. The first kappa shape index (κ1) is 93.3. The second-order valence-electron chi connectivity index (χ2n) is 33.7. The van der Waals surface area contributed by atoms with Crippen LogP contribution in [-0.4, -0.2) is 169 Å². The Morgan fingerprint density at radius 2 is 0.797 bits per heavy atom. The molecule has 0 saturated heterocycles. The molecule has 4 aliphatic carbocycles. The molecule has 0 aromatic carbocycles. The molecule has 696 valence electrons. The summed E-state index contributed by atoms with van der Waals surface area (Å²) in [5.74, 6) is 2.97. The zero-order chi connectivity index (χ0) is 93.3. The Balaban J connectivity index is 0.000000124. The molecule has 4 aliphatic rings. The van der Waals surface area contributed by atoms with E-state index in [1.54, 1.807) is 53.6 Å². The van der Waals surface area contributed by atoms with Gasteiger partial charge in [0.05, 0.1) is 121 Å². The van der Waals surface area contributed by atoms with E-state index in [0.29, 0.717) is 110 Å². The summed E-state index contributed by atoms with van der Waals surface area (Å²) in [5.41, 5.74) is 20.8. The number of allylic oxidation sites excluding steroid dienone is 6. The molecule has 5 N–H and O–H groups in total. The van der Waals surface area contributed by atoms with Crippen molar-refractivity contribution in [3.05, 3.63) is 186 Å². The molecule has 20 rings (SSSR count). The number of sulfonamides is 3. The molecule has 42 heteroatoms. The Kier molecular flexibility index (Phi) is 27.8. The number of halogens is 1. The minimum Gasteiger partial charge on any atom is -0.329 e. The summed E-state index contributed by atoms with van der Waals surface area (Å²) < 4.78 is 103. The highest BCUT2D eigenvalue weighted by atomic mass is 35.5. The van der Waals surface area contributed by atoms with Gasteiger partial charge in [-0.25, -0.2) is 74.2 Å². The Morgan fingerprint density at radius 3 is 1.13 bits per heavy atom. The van der Waals surface area contributed by atoms with Crippen LogP contribution >= 0.6 is 57.1 Å². The van der Waals surface area contributed by atoms with Gasteiger partial charge in [0.1, 0.15) is 17.6 Å². The summed E-state index contributed by atoms with van der Waals surface area (Å²) in [6.07, 6.45) is 56.9. The van der Waals surface area contributed by atoms with Gasteiger partial charge in [-0.05, 0) is 181 Å². The molecule has 16 aromatic rings. The number of imidazole rings is 4. The van der Waals surface area contributed by atoms with Gasteiger partial charge < -0.3 is 21.3 Å². The zero-order valence-electron chi connectivity index (χ0n) is 76.4. The molecule has 16 aromatic heterocycles. The van der Waals surface area contributed by atoms with Crippen molar-refractivity contribution >= 4 is 170 Å². The van der Waals surface area contributed by atoms with Gasteiger partial charge in [0.15, 0.2) is 45.9 Å². The number of aromatic nitrogens is 21. The molecule has 16 heterocycles. The van der Waals surface area contributed by atoms with E-state index in [1.807, 2.05) is 180 Å². The Hall–Kier alpha value is -11.5. The Bertz CT molecular complexity index is 7460. The lowest BCUT2D eigenvalue weighted by Gasteiger charge is -2.22. The van der Waals surface area contributed by atoms with Gasteiger partial charge in [-0.2, -0.15) is 29.1 Å². The molecule has 0 radical (unpaired) electrons. The highest BCUT2D eigenvalue weighted by Gasteiger charge is 2.31. The van der Waals surface area contributed by atoms with Crippen LogP contribution in [0.15, 0.2) is 148 Å². The maximum absolute atomic E-state index is 13.2. The van der Waals surface area contributed by atoms with E-state index < -0.39 is 30.1 Å². The maximum atomic E-state index is 13.2. The van der Waals surface area contributed by atoms with E-state index in [2.05, 4.69) is 99.5 Å². The molecule has 0 aliphatic heterocycles. The van der Waals surface area contributed by atoms with Crippen LogP contribution in [0.4, 0.5) is 43.3 Å². The summed E-state index contributed by atoms with van der Waals surface area (Å²) in [7, 11) is 0.0513. The number of nitrogens with one attached hydrogen (secondary N) is 5. The van der Waals surface area contributed by atoms with Crippen LogP contribution < -0.4 is 26.0 Å². The van der Waals surface area contributed by atoms with E-state index in [1.165, 1.54) is 122 Å². The molecule has 0 bridgehead atoms. The van der Waals surface area contributed by atoms with Crippen molar-refractivity contribution in [1.82, 2.24) is 114 Å². The van der Waals surface area contributed by atoms with Crippen molar-refractivity contribution in [3.8, 4) is 45.0 Å². The van der Waals surface area contributed by atoms with Gasteiger partial charge >= 0.3 is 0 Å². The second-order valence-corrected chi connectivity index (χ2v) is 44.4. The predicted molar refractivity (Wildman–Crippen MR) is 530 cm³/mol. The maximum Gasteiger partial charge on any atom is 0.252 e. The van der Waals surface area contributed by atoms with Crippen molar-refractivity contribution in [1.29, 1.82) is 0 Å². The van der Waals surface area contributed by atoms with E-state index in [9.17, 15) is 25.3 Å². The van der Waals surface area contributed by atoms with Gasteiger partial charge in [-0.15, -0.1) is 34.0 Å². The summed E-state index contributed by atoms with van der Waals surface area (Å²) >= 11 is 11.4. The van der Waals surface area contributed by atoms with Gasteiger partial charge in [0.2, 0.25) is 10.0 Å². The number of nitrogens with zero attached hydrogens (tertiary/aromatic N) is 23. The molecule has 1 saturated carbocycles. The van der Waals surface area contributed by atoms with Crippen LogP contribution in [0, 0.1) is 27.7 Å². The van der Waals surface area contributed by atoms with Gasteiger partial charge in [-0.3, -0.25) is 36.3 Å². The Labute approximate surface area is 793 Å². The van der Waals surface area contributed by atoms with Crippen molar-refractivity contribution in [2.24, 2.45) is 28.2 Å². The topological polar surface area (TPSA) is 374 Å². The lowest BCUT2D eigenvalue weighted by Crippen LogP contribution is -2.30. The van der Waals surface area contributed by atoms with Crippen molar-refractivity contribution in [3.63, 3.8) is 0 Å². The minimum absolute atomic E-state index is 0.304. The summed E-state index contributed by atoms with van der Waals surface area (Å²) in [6, 6.07) is 5.55. The van der Waals surface area contributed by atoms with Crippen molar-refractivity contribution < 1.29 is 25.3 Å². The normalized spacial score (nSPS) is 14.7. The van der Waals surface area contributed by atoms with Crippen LogP contribution in [0.25, 0.3) is 84.3 Å². The van der Waals surface area contributed by atoms with E-state index >= 15 is 0 Å². The third-order valence-electron chi connectivity index (χ3n) is 23.8. The standard InChI is InChI=1S/C25H31N7O2S2.2C23H27N7O2S2.C20H22ClN7S/c1-5-31(6-2)36(33,34)25-17(3)12-22(35-25)29-23-24-26-14-21(19-13-27-30(4)15-19)32(24)16-20(28-23)18-10-8-7-9-11-18;1-15-10-20(33-23(15)34(31,32)28(2)3)27-21-22-24-12-19(17-11-25-29(4)13-17)30(22)14-18(26-21)16-8-6-5-7-9-16;1-4-26-34(31,32)23-15(2)10-20(33-23)28-21-22-24-12-19(17-11-25-29(3)13-17)30(22)14-18(27-21)16-8-6-5-7-9-16;1-12-17(21)20(29-26-12)25-18-19-22-9-16(14-8-23-27(2)10-14)28(19)11-15(24-18)13-6-4-3-5-7-13/h10,12-16H,5-9,11H2,1-4H3,(H,28,29);8,10-14H,5-7,9H2,1-4H3,(H,26,27);8,10-14,26H,4-7,9H2,1-3H3,(H,27,28);8-11,13H,3-7H2,1-2H3,(H,24,25). The fourth-order valence-corrected chi connectivity index (χ4v) is 26.5. The Morgan fingerprint density at radius 1 is 0.436 bits per heavy atom. The number of anilines is 8. The molecular formula is C91H107ClN28O6S7. The molecule has 133 heavy (non-hydrogen) atoms. The van der Waals surface area contributed by atoms with Crippen LogP contribution in [0.2, 0.25) is 5.02 Å². The summed E-state index contributed by atoms with van der Waals surface area (Å²) in [5, 5.41) is 34.3. The van der Waals surface area contributed by atoms with Crippen LogP contribution in [0.5, 0.6) is 0 Å². The molecular weight excluding hydrogens is 1840 g/mol. The molecule has 34 nitrogen and oxygen atoms in total. The van der Waals surface area contributed by atoms with E-state index in [-0.39, 0.29) is 0 Å². The summed E-state index contributed by atoms with van der Waals surface area (Å²) in [4.78, 5) is 38.5. The number of fused-ring (bicyclic) bond motifs is 4. The molecule has 0 atom stereocenters. The third-order valence-corrected chi connectivity index (χ3v) is 36.0. The van der Waals surface area contributed by atoms with Gasteiger partial charge in [-0.1, -0.05) is 69.9 Å². The smallest absolute Gasteiger partial charge is 0.252 e. The quantitative estimate of drug-likeness (QED) is 0.0355. The second kappa shape index (κ2) is 39.6. The number of hydrogen-bond donors (Lipinski definition) is 5. The molecule has 0 spiro atoms. The first-order valence-electron chi connectivity index (χ1n) is 44.5. The van der Waals surface area contributed by atoms with Crippen LogP contribution in [0.1, 0.15) is 181 Å². The number of rotatable bonds is 25. The van der Waals surface area contributed by atoms with E-state index in [0.717, 1.165) is 147 Å². The SMILES string of the molecule is CCN(CC)S(=O)(=O)c1sc(Nc2nc(C3=CCCCC3)cn3c(-c4cnn(C)c4)cnc23)cc1C.CCNS(=O)(=O)c1sc(Nc2nc(C3=CCCCC3)cn3c(-c4cnn(C)c4)cnc23)cc1C.Cc1cc(Nc2nc(C3=CCCCC3)cn3c(-c4cnn(C)c4)cnc23)sc1S(=O)(=O)N(C)C.Cc1nsc(Nc2nc(C3CCCCC3)cn3c(-c4cnn(C)c4)cnc23)c1Cl. The highest BCUT2D eigenvalue weighted by molar-refractivity contribution is 7.92. The fraction of sp³-hybridized carbons (Fsp3) is 0.374. The zero-order valence-corrected chi connectivity index (χ0v) is 82.9. The lowest BCUT2D eigenvalue weighted by atomic mass is 9.87. The van der Waals surface area contributed by atoms with Crippen molar-refractivity contribution in [2.75, 3.05) is 55.0 Å². The first-order chi connectivity index (χ1) is 64.0. The molecule has 0 unspecified atom stereocenters. The van der Waals surface area contributed by atoms with Crippen LogP contribution in [-0.2, 0) is 58.3 Å². The largest absolute Gasteiger partial charge is 0.329 e. The van der Waals surface area contributed by atoms with Gasteiger partial charge in [0.25, 0.3) is 20.0 Å². The summed E-state index contributed by atoms with van der Waals surface area (Å²) in [6.45, 7) is 14.0. The lowest BCUT2D eigenvalue weighted by molar-refractivity contribution is 0.436. The number of aryl methyl sites for hydroxylation is 8. The van der Waals surface area contributed by atoms with E-state index in [4.69, 9.17) is 31.5 Å². The predicted octanol–water partition coefficient (Wildman–Crippen LogP) is 19.5. The van der Waals surface area contributed by atoms with Crippen molar-refractivity contribution in [2.45, 2.75) is 176 Å². The minimum atomic E-state index is -3.55. The molecule has 0 amide bonds. The highest BCUT2D eigenvalue weighted by Crippen LogP contribution is 2.44. The third kappa shape index (κ3) is 19.9. The average Bonchev–Trinajstić information content (AvgIpc) is 1.59. The monoisotopic (exact) mass is 1950 g/mol. The number of thiophene rings is 3. The first-order valence-corrected chi connectivity index (χ1v) is 52.5. The van der Waals surface area contributed by atoms with Gasteiger partial charge in [0, 0.05) is 140 Å². The van der Waals surface area contributed by atoms with Crippen LogP contribution in [0.3, 0.4) is 0 Å². The molecule has 1 fully saturated rings. The fourth-order valence-electron chi connectivity index (χ4n) is 17.0.